The van der Waals surface area contributed by atoms with Crippen molar-refractivity contribution in [3.8, 4) is 5.75 Å². The minimum Gasteiger partial charge on any atom is -0.492 e. The molecular weight excluding hydrogens is 300 g/mol. The fraction of sp³-hybridized carbons (Fsp3) is 0.400. The normalized spacial score (nSPS) is 10.7. The Morgan fingerprint density at radius 2 is 2.14 bits per heavy atom. The molecule has 22 heavy (non-hydrogen) atoms. The van der Waals surface area contributed by atoms with Crippen LogP contribution in [0, 0.1) is 0 Å². The number of ether oxygens (including phenoxy) is 1. The summed E-state index contributed by atoms with van der Waals surface area (Å²) < 4.78 is 7.45. The van der Waals surface area contributed by atoms with E-state index in [1.165, 1.54) is 11.8 Å². The van der Waals surface area contributed by atoms with Crippen LogP contribution in [0.1, 0.15) is 19.9 Å². The van der Waals surface area contributed by atoms with Gasteiger partial charge in [0.1, 0.15) is 18.7 Å². The molecule has 1 heterocycles. The molecule has 0 unspecified atom stereocenters. The van der Waals surface area contributed by atoms with E-state index >= 15 is 0 Å². The topological polar surface area (TPSA) is 69.0 Å². The lowest BCUT2D eigenvalue weighted by atomic mass is 10.3. The van der Waals surface area contributed by atoms with Gasteiger partial charge in [-0.1, -0.05) is 30.0 Å². The van der Waals surface area contributed by atoms with E-state index in [-0.39, 0.29) is 11.9 Å². The number of aromatic nitrogens is 3. The molecule has 0 spiro atoms. The third-order valence-corrected chi connectivity index (χ3v) is 3.82. The Morgan fingerprint density at radius 1 is 1.36 bits per heavy atom. The van der Waals surface area contributed by atoms with E-state index in [1.54, 1.807) is 6.33 Å². The fourth-order valence-electron chi connectivity index (χ4n) is 1.75. The zero-order valence-electron chi connectivity index (χ0n) is 12.7. The van der Waals surface area contributed by atoms with Crippen LogP contribution in [-0.2, 0) is 4.79 Å². The first-order chi connectivity index (χ1) is 10.7. The Bertz CT molecular complexity index is 586. The van der Waals surface area contributed by atoms with Crippen LogP contribution in [0.2, 0.25) is 0 Å². The van der Waals surface area contributed by atoms with Gasteiger partial charge >= 0.3 is 0 Å². The van der Waals surface area contributed by atoms with Gasteiger partial charge < -0.3 is 14.6 Å². The molecule has 1 aromatic carbocycles. The Morgan fingerprint density at radius 3 is 2.86 bits per heavy atom. The van der Waals surface area contributed by atoms with Crippen molar-refractivity contribution in [2.75, 3.05) is 18.9 Å². The SMILES string of the molecule is CC(C)n1cnnc1SCC(=O)NCCOc1ccccc1. The molecule has 0 bridgehead atoms. The molecule has 1 amide bonds. The Balaban J connectivity index is 1.65. The van der Waals surface area contributed by atoms with Gasteiger partial charge in [0.15, 0.2) is 5.16 Å². The maximum Gasteiger partial charge on any atom is 0.230 e. The molecule has 0 aliphatic rings. The van der Waals surface area contributed by atoms with E-state index in [0.717, 1.165) is 10.9 Å². The van der Waals surface area contributed by atoms with Gasteiger partial charge in [0.05, 0.1) is 12.3 Å². The number of nitrogens with zero attached hydrogens (tertiary/aromatic N) is 3. The molecule has 0 aliphatic carbocycles. The maximum atomic E-state index is 11.8. The largest absolute Gasteiger partial charge is 0.492 e. The first-order valence-electron chi connectivity index (χ1n) is 7.13. The number of nitrogens with one attached hydrogen (secondary N) is 1. The number of carbonyl (C=O) groups excluding carboxylic acids is 1. The van der Waals surface area contributed by atoms with Crippen molar-refractivity contribution < 1.29 is 9.53 Å². The molecule has 2 rings (SSSR count). The van der Waals surface area contributed by atoms with Crippen LogP contribution in [0.25, 0.3) is 0 Å². The van der Waals surface area contributed by atoms with Crippen LogP contribution in [0.5, 0.6) is 5.75 Å². The summed E-state index contributed by atoms with van der Waals surface area (Å²) in [4.78, 5) is 11.8. The zero-order chi connectivity index (χ0) is 15.8. The zero-order valence-corrected chi connectivity index (χ0v) is 13.5. The van der Waals surface area contributed by atoms with Crippen molar-refractivity contribution >= 4 is 17.7 Å². The lowest BCUT2D eigenvalue weighted by Crippen LogP contribution is -2.29. The molecule has 0 saturated carbocycles. The number of hydrogen-bond acceptors (Lipinski definition) is 5. The van der Waals surface area contributed by atoms with Crippen molar-refractivity contribution in [2.45, 2.75) is 25.0 Å². The van der Waals surface area contributed by atoms with Crippen molar-refractivity contribution in [1.29, 1.82) is 0 Å². The molecule has 6 nitrogen and oxygen atoms in total. The summed E-state index contributed by atoms with van der Waals surface area (Å²) in [5.74, 6) is 1.08. The lowest BCUT2D eigenvalue weighted by Gasteiger charge is -2.10. The van der Waals surface area contributed by atoms with E-state index in [2.05, 4.69) is 29.4 Å². The predicted octanol–water partition coefficient (Wildman–Crippen LogP) is 2.15. The molecule has 7 heteroatoms. The highest BCUT2D eigenvalue weighted by Gasteiger charge is 2.10. The van der Waals surface area contributed by atoms with Gasteiger partial charge in [0.25, 0.3) is 0 Å². The van der Waals surface area contributed by atoms with Crippen LogP contribution >= 0.6 is 11.8 Å². The molecule has 0 saturated heterocycles. The number of rotatable bonds is 8. The van der Waals surface area contributed by atoms with Crippen LogP contribution < -0.4 is 10.1 Å². The minimum absolute atomic E-state index is 0.0417. The Kier molecular flexibility index (Phi) is 6.27. The second-order valence-corrected chi connectivity index (χ2v) is 5.86. The molecule has 1 aromatic heterocycles. The van der Waals surface area contributed by atoms with Crippen molar-refractivity contribution in [3.05, 3.63) is 36.7 Å². The smallest absolute Gasteiger partial charge is 0.230 e. The van der Waals surface area contributed by atoms with E-state index < -0.39 is 0 Å². The molecule has 118 valence electrons. The quantitative estimate of drug-likeness (QED) is 0.596. The summed E-state index contributed by atoms with van der Waals surface area (Å²) >= 11 is 1.38. The summed E-state index contributed by atoms with van der Waals surface area (Å²) in [6.45, 7) is 5.02. The second-order valence-electron chi connectivity index (χ2n) is 4.91. The lowest BCUT2D eigenvalue weighted by molar-refractivity contribution is -0.118. The molecule has 0 aliphatic heterocycles. The van der Waals surface area contributed by atoms with E-state index in [1.807, 2.05) is 34.9 Å². The average molecular weight is 320 g/mol. The van der Waals surface area contributed by atoms with Crippen LogP contribution in [0.3, 0.4) is 0 Å². The summed E-state index contributed by atoms with van der Waals surface area (Å²) in [5, 5.41) is 11.5. The fourth-order valence-corrected chi connectivity index (χ4v) is 2.62. The van der Waals surface area contributed by atoms with Crippen LogP contribution in [0.15, 0.2) is 41.8 Å². The predicted molar refractivity (Wildman–Crippen MR) is 86.1 cm³/mol. The monoisotopic (exact) mass is 320 g/mol. The second kappa shape index (κ2) is 8.43. The summed E-state index contributed by atoms with van der Waals surface area (Å²) in [5.41, 5.74) is 0. The number of amides is 1. The molecule has 0 atom stereocenters. The van der Waals surface area contributed by atoms with E-state index in [0.29, 0.717) is 18.9 Å². The van der Waals surface area contributed by atoms with E-state index in [9.17, 15) is 4.79 Å². The number of para-hydroxylation sites is 1. The molecule has 1 N–H and O–H groups in total. The minimum atomic E-state index is -0.0417. The number of thioether (sulfide) groups is 1. The summed E-state index contributed by atoms with van der Waals surface area (Å²) in [6, 6.07) is 9.80. The highest BCUT2D eigenvalue weighted by atomic mass is 32.2. The average Bonchev–Trinajstić information content (AvgIpc) is 2.99. The standard InChI is InChI=1S/C15H20N4O2S/c1-12(2)19-11-17-18-15(19)22-10-14(20)16-8-9-21-13-6-4-3-5-7-13/h3-7,11-12H,8-10H2,1-2H3,(H,16,20). The van der Waals surface area contributed by atoms with Gasteiger partial charge in [-0.25, -0.2) is 0 Å². The van der Waals surface area contributed by atoms with Crippen molar-refractivity contribution in [1.82, 2.24) is 20.1 Å². The molecule has 0 radical (unpaired) electrons. The van der Waals surface area contributed by atoms with E-state index in [4.69, 9.17) is 4.74 Å². The Labute approximate surface area is 134 Å². The van der Waals surface area contributed by atoms with Gasteiger partial charge in [-0.15, -0.1) is 10.2 Å². The maximum absolute atomic E-state index is 11.8. The highest BCUT2D eigenvalue weighted by Crippen LogP contribution is 2.18. The van der Waals surface area contributed by atoms with Crippen LogP contribution in [-0.4, -0.2) is 39.6 Å². The molecule has 0 fully saturated rings. The van der Waals surface area contributed by atoms with Gasteiger partial charge in [-0.2, -0.15) is 0 Å². The number of hydrogen-bond donors (Lipinski definition) is 1. The van der Waals surface area contributed by atoms with Gasteiger partial charge in [0.2, 0.25) is 5.91 Å². The van der Waals surface area contributed by atoms with Gasteiger partial charge in [-0.3, -0.25) is 4.79 Å². The highest BCUT2D eigenvalue weighted by molar-refractivity contribution is 7.99. The number of carbonyl (C=O) groups is 1. The van der Waals surface area contributed by atoms with Gasteiger partial charge in [0, 0.05) is 6.04 Å². The van der Waals surface area contributed by atoms with Gasteiger partial charge in [-0.05, 0) is 26.0 Å². The third-order valence-electron chi connectivity index (χ3n) is 2.87. The number of benzene rings is 1. The first kappa shape index (κ1) is 16.4. The third kappa shape index (κ3) is 5.07. The van der Waals surface area contributed by atoms with Crippen molar-refractivity contribution in [2.24, 2.45) is 0 Å². The van der Waals surface area contributed by atoms with Crippen molar-refractivity contribution in [3.63, 3.8) is 0 Å². The summed E-state index contributed by atoms with van der Waals surface area (Å²) in [6.07, 6.45) is 1.68. The van der Waals surface area contributed by atoms with Crippen LogP contribution in [0.4, 0.5) is 0 Å². The Hall–Kier alpha value is -2.02. The molecule has 2 aromatic rings. The summed E-state index contributed by atoms with van der Waals surface area (Å²) in [7, 11) is 0. The first-order valence-corrected chi connectivity index (χ1v) is 8.12. The molecular formula is C15H20N4O2S.